The number of hydrogen-bond acceptors (Lipinski definition) is 5. The summed E-state index contributed by atoms with van der Waals surface area (Å²) in [6.45, 7) is -1.23. The normalized spacial score (nSPS) is 18.7. The monoisotopic (exact) mass is 523 g/mol. The average Bonchev–Trinajstić information content (AvgIpc) is 3.16. The van der Waals surface area contributed by atoms with Crippen LogP contribution in [-0.2, 0) is 4.79 Å². The lowest BCUT2D eigenvalue weighted by molar-refractivity contribution is -0.401. The van der Waals surface area contributed by atoms with Crippen molar-refractivity contribution in [3.63, 3.8) is 0 Å². The second kappa shape index (κ2) is 9.01. The van der Waals surface area contributed by atoms with Crippen LogP contribution in [0.25, 0.3) is 0 Å². The number of aliphatic hydroxyl groups is 1. The molecule has 186 valence electrons. The zero-order valence-electron chi connectivity index (χ0n) is 17.2. The first-order valence-corrected chi connectivity index (χ1v) is 9.86. The zero-order valence-corrected chi connectivity index (χ0v) is 17.9. The van der Waals surface area contributed by atoms with Crippen LogP contribution in [0.5, 0.6) is 5.75 Å². The van der Waals surface area contributed by atoms with E-state index in [1.54, 1.807) is 6.07 Å². The van der Waals surface area contributed by atoms with Crippen LogP contribution in [0.3, 0.4) is 0 Å². The molecule has 6 nitrogen and oxygen atoms in total. The number of rotatable bonds is 6. The molecule has 14 heteroatoms. The number of carbonyl (C=O) groups is 1. The van der Waals surface area contributed by atoms with E-state index >= 15 is 0 Å². The number of benzene rings is 2. The van der Waals surface area contributed by atoms with Crippen LogP contribution in [0.4, 0.5) is 30.7 Å². The molecule has 0 fully saturated rings. The molecule has 2 aromatic carbocycles. The fraction of sp³-hybridized carbons (Fsp3) is 0.286. The van der Waals surface area contributed by atoms with Gasteiger partial charge in [-0.15, -0.1) is 0 Å². The van der Waals surface area contributed by atoms with E-state index in [4.69, 9.17) is 21.6 Å². The van der Waals surface area contributed by atoms with E-state index in [0.717, 1.165) is 0 Å². The molecule has 0 spiro atoms. The highest BCUT2D eigenvalue weighted by atomic mass is 35.5. The van der Waals surface area contributed by atoms with Gasteiger partial charge in [0.05, 0.1) is 11.3 Å². The minimum absolute atomic E-state index is 0.0787. The molecule has 0 saturated heterocycles. The third kappa shape index (κ3) is 4.51. The van der Waals surface area contributed by atoms with Gasteiger partial charge in [-0.05, 0) is 29.8 Å². The number of alkyl halides is 7. The van der Waals surface area contributed by atoms with E-state index in [-0.39, 0.29) is 21.9 Å². The van der Waals surface area contributed by atoms with Crippen molar-refractivity contribution >= 4 is 23.2 Å². The lowest BCUT2D eigenvalue weighted by Gasteiger charge is -2.41. The third-order valence-electron chi connectivity index (χ3n) is 5.01. The van der Waals surface area contributed by atoms with Crippen molar-refractivity contribution in [2.24, 2.45) is 5.10 Å². The SMILES string of the molecule is N#Cc1ccccc1OCC(=O)N1N=C(c2ccc(Cl)cc2)C[C@]1(O)C(F)(F)C(F)(F)C(F)(F)F. The van der Waals surface area contributed by atoms with Gasteiger partial charge in [-0.1, -0.05) is 35.9 Å². The van der Waals surface area contributed by atoms with Gasteiger partial charge in [0, 0.05) is 11.4 Å². The van der Waals surface area contributed by atoms with Gasteiger partial charge in [0.15, 0.2) is 6.61 Å². The maximum Gasteiger partial charge on any atom is 0.460 e. The summed E-state index contributed by atoms with van der Waals surface area (Å²) in [5.41, 5.74) is -5.18. The van der Waals surface area contributed by atoms with Crippen LogP contribution in [-0.4, -0.2) is 52.1 Å². The van der Waals surface area contributed by atoms with E-state index in [0.29, 0.717) is 0 Å². The summed E-state index contributed by atoms with van der Waals surface area (Å²) in [7, 11) is 0. The maximum absolute atomic E-state index is 14.7. The maximum atomic E-state index is 14.7. The smallest absolute Gasteiger partial charge is 0.460 e. The number of amides is 1. The Morgan fingerprint density at radius 2 is 1.71 bits per heavy atom. The number of nitrogens with zero attached hydrogens (tertiary/aromatic N) is 3. The molecule has 1 amide bonds. The van der Waals surface area contributed by atoms with Crippen molar-refractivity contribution in [3.05, 3.63) is 64.7 Å². The summed E-state index contributed by atoms with van der Waals surface area (Å²) >= 11 is 5.72. The average molecular weight is 524 g/mol. The van der Waals surface area contributed by atoms with Crippen molar-refractivity contribution in [1.29, 1.82) is 5.26 Å². The van der Waals surface area contributed by atoms with Crippen LogP contribution >= 0.6 is 11.6 Å². The van der Waals surface area contributed by atoms with Crippen molar-refractivity contribution in [2.45, 2.75) is 30.2 Å². The van der Waals surface area contributed by atoms with Gasteiger partial charge in [-0.25, -0.2) is 0 Å². The first kappa shape index (κ1) is 26.2. The fourth-order valence-electron chi connectivity index (χ4n) is 3.17. The Morgan fingerprint density at radius 3 is 2.29 bits per heavy atom. The first-order valence-electron chi connectivity index (χ1n) is 9.49. The topological polar surface area (TPSA) is 85.9 Å². The van der Waals surface area contributed by atoms with Gasteiger partial charge in [0.1, 0.15) is 11.8 Å². The first-order chi connectivity index (χ1) is 16.2. The second-order valence-corrected chi connectivity index (χ2v) is 7.73. The lowest BCUT2D eigenvalue weighted by atomic mass is 9.91. The van der Waals surface area contributed by atoms with E-state index in [1.165, 1.54) is 48.5 Å². The summed E-state index contributed by atoms with van der Waals surface area (Å²) in [4.78, 5) is 12.7. The Labute approximate surface area is 197 Å². The van der Waals surface area contributed by atoms with Crippen LogP contribution in [0.15, 0.2) is 53.6 Å². The molecule has 1 atom stereocenters. The van der Waals surface area contributed by atoms with Crippen molar-refractivity contribution in [1.82, 2.24) is 5.01 Å². The fourth-order valence-corrected chi connectivity index (χ4v) is 3.30. The second-order valence-electron chi connectivity index (χ2n) is 7.30. The van der Waals surface area contributed by atoms with Gasteiger partial charge in [0.25, 0.3) is 5.91 Å². The molecule has 0 aliphatic carbocycles. The molecule has 0 saturated carbocycles. The Balaban J connectivity index is 2.02. The molecular weight excluding hydrogens is 511 g/mol. The Morgan fingerprint density at radius 1 is 1.11 bits per heavy atom. The summed E-state index contributed by atoms with van der Waals surface area (Å²) in [5.74, 6) is -14.9. The molecule has 1 aliphatic heterocycles. The predicted molar refractivity (Wildman–Crippen MR) is 107 cm³/mol. The highest BCUT2D eigenvalue weighted by Gasteiger charge is 2.82. The molecular formula is C21H13ClF7N3O3. The van der Waals surface area contributed by atoms with Crippen molar-refractivity contribution < 1.29 is 45.4 Å². The molecule has 1 N–H and O–H groups in total. The molecule has 35 heavy (non-hydrogen) atoms. The van der Waals surface area contributed by atoms with Gasteiger partial charge in [-0.2, -0.15) is 46.1 Å². The van der Waals surface area contributed by atoms with E-state index in [9.17, 15) is 40.6 Å². The highest BCUT2D eigenvalue weighted by Crippen LogP contribution is 2.54. The highest BCUT2D eigenvalue weighted by molar-refractivity contribution is 6.30. The van der Waals surface area contributed by atoms with Gasteiger partial charge in [-0.3, -0.25) is 4.79 Å². The predicted octanol–water partition coefficient (Wildman–Crippen LogP) is 4.75. The third-order valence-corrected chi connectivity index (χ3v) is 5.26. The van der Waals surface area contributed by atoms with Crippen LogP contribution < -0.4 is 4.74 Å². The Kier molecular flexibility index (Phi) is 6.75. The molecule has 0 bridgehead atoms. The van der Waals surface area contributed by atoms with Gasteiger partial charge < -0.3 is 9.84 Å². The van der Waals surface area contributed by atoms with Gasteiger partial charge in [0.2, 0.25) is 5.72 Å². The van der Waals surface area contributed by atoms with Gasteiger partial charge >= 0.3 is 18.0 Å². The number of ether oxygens (including phenoxy) is 1. The number of carbonyl (C=O) groups excluding carboxylic acids is 1. The van der Waals surface area contributed by atoms with E-state index in [2.05, 4.69) is 5.10 Å². The molecule has 1 aliphatic rings. The standard InChI is InChI=1S/C21H13ClF7N3O3/c22-14-7-5-12(6-8-14)15-9-18(34,19(23,24)20(25,26)21(27,28)29)32(31-15)17(33)11-35-16-4-2-1-3-13(16)10-30/h1-8,34H,9,11H2/t18-/m0/s1. The Hall–Kier alpha value is -3.37. The molecule has 0 aromatic heterocycles. The van der Waals surface area contributed by atoms with Crippen LogP contribution in [0, 0.1) is 11.3 Å². The molecule has 3 rings (SSSR count). The number of hydrazone groups is 1. The summed E-state index contributed by atoms with van der Waals surface area (Å²) < 4.78 is 101. The largest absolute Gasteiger partial charge is 0.482 e. The molecule has 0 radical (unpaired) electrons. The quantitative estimate of drug-likeness (QED) is 0.554. The molecule has 2 aromatic rings. The van der Waals surface area contributed by atoms with Crippen LogP contribution in [0.2, 0.25) is 5.02 Å². The van der Waals surface area contributed by atoms with Crippen molar-refractivity contribution in [2.75, 3.05) is 6.61 Å². The number of hydrogen-bond donors (Lipinski definition) is 1. The minimum Gasteiger partial charge on any atom is -0.482 e. The van der Waals surface area contributed by atoms with E-state index in [1.807, 2.05) is 0 Å². The summed E-state index contributed by atoms with van der Waals surface area (Å²) in [6, 6.07) is 11.9. The Bertz CT molecular complexity index is 1200. The molecule has 0 unspecified atom stereocenters. The zero-order chi connectivity index (χ0) is 26.2. The minimum atomic E-state index is -6.77. The summed E-state index contributed by atoms with van der Waals surface area (Å²) in [6.07, 6.45) is -8.35. The number of nitriles is 1. The molecule has 1 heterocycles. The summed E-state index contributed by atoms with van der Waals surface area (Å²) in [5, 5.41) is 22.7. The van der Waals surface area contributed by atoms with Crippen LogP contribution in [0.1, 0.15) is 17.5 Å². The van der Waals surface area contributed by atoms with Crippen molar-refractivity contribution in [3.8, 4) is 11.8 Å². The number of para-hydroxylation sites is 1. The lowest BCUT2D eigenvalue weighted by Crippen LogP contribution is -2.69. The van der Waals surface area contributed by atoms with E-state index < -0.39 is 53.4 Å². The number of halogens is 8.